The van der Waals surface area contributed by atoms with Crippen molar-refractivity contribution in [2.24, 2.45) is 0 Å². The van der Waals surface area contributed by atoms with E-state index in [4.69, 9.17) is 9.47 Å². The van der Waals surface area contributed by atoms with E-state index < -0.39 is 40.9 Å². The molecule has 0 atom stereocenters. The number of methoxy groups -OCH3 is 1. The molecule has 1 amide bonds. The first-order chi connectivity index (χ1) is 12.8. The number of carbonyl (C=O) groups excluding carboxylic acids is 1. The number of hydrogen-bond acceptors (Lipinski definition) is 4. The Morgan fingerprint density at radius 3 is 2.14 bits per heavy atom. The minimum Gasteiger partial charge on any atom is -0.496 e. The second kappa shape index (κ2) is 7.89. The van der Waals surface area contributed by atoms with E-state index in [1.54, 1.807) is 20.8 Å². The summed E-state index contributed by atoms with van der Waals surface area (Å²) in [6.45, 7) is 5.72. The van der Waals surface area contributed by atoms with Crippen LogP contribution in [0.5, 0.6) is 5.75 Å². The first kappa shape index (κ1) is 21.8. The second-order valence-corrected chi connectivity index (χ2v) is 7.68. The Kier molecular flexibility index (Phi) is 6.15. The summed E-state index contributed by atoms with van der Waals surface area (Å²) in [6, 6.07) is 1.77. The summed E-state index contributed by atoms with van der Waals surface area (Å²) in [6.07, 6.45) is -4.59. The average molecular weight is 403 g/mol. The van der Waals surface area contributed by atoms with E-state index >= 15 is 0 Å². The van der Waals surface area contributed by atoms with Gasteiger partial charge in [-0.2, -0.15) is 13.2 Å². The zero-order valence-corrected chi connectivity index (χ0v) is 16.2. The molecule has 0 spiro atoms. The molecule has 0 saturated carbocycles. The van der Waals surface area contributed by atoms with Crippen molar-refractivity contribution in [3.05, 3.63) is 28.8 Å². The van der Waals surface area contributed by atoms with Crippen LogP contribution in [0.2, 0.25) is 0 Å². The number of piperidine rings is 1. The smallest absolute Gasteiger partial charge is 0.416 e. The first-order valence-electron chi connectivity index (χ1n) is 8.84. The summed E-state index contributed by atoms with van der Waals surface area (Å²) in [4.78, 5) is 24.9. The third kappa shape index (κ3) is 5.08. The van der Waals surface area contributed by atoms with Crippen molar-refractivity contribution >= 4 is 12.1 Å². The number of aromatic carboxylic acids is 1. The van der Waals surface area contributed by atoms with Gasteiger partial charge in [0, 0.05) is 13.1 Å². The van der Waals surface area contributed by atoms with Crippen LogP contribution >= 0.6 is 0 Å². The van der Waals surface area contributed by atoms with Crippen molar-refractivity contribution in [3.8, 4) is 5.75 Å². The quantitative estimate of drug-likeness (QED) is 0.803. The summed E-state index contributed by atoms with van der Waals surface area (Å²) >= 11 is 0. The van der Waals surface area contributed by atoms with E-state index in [0.717, 1.165) is 6.07 Å². The van der Waals surface area contributed by atoms with Gasteiger partial charge >= 0.3 is 18.2 Å². The van der Waals surface area contributed by atoms with Gasteiger partial charge in [-0.3, -0.25) is 0 Å². The van der Waals surface area contributed by atoms with E-state index in [0.29, 0.717) is 18.9 Å². The maximum atomic E-state index is 13.6. The number of nitrogens with zero attached hydrogens (tertiary/aromatic N) is 1. The second-order valence-electron chi connectivity index (χ2n) is 7.68. The van der Waals surface area contributed by atoms with Gasteiger partial charge < -0.3 is 19.5 Å². The number of hydrogen-bond donors (Lipinski definition) is 1. The maximum Gasteiger partial charge on any atom is 0.416 e. The molecule has 28 heavy (non-hydrogen) atoms. The predicted molar refractivity (Wildman–Crippen MR) is 94.7 cm³/mol. The van der Waals surface area contributed by atoms with Crippen LogP contribution in [0.4, 0.5) is 18.0 Å². The molecule has 1 aromatic rings. The number of halogens is 3. The predicted octanol–water partition coefficient (Wildman–Crippen LogP) is 4.53. The minimum atomic E-state index is -4.70. The van der Waals surface area contributed by atoms with Gasteiger partial charge in [-0.25, -0.2) is 9.59 Å². The Labute approximate surface area is 161 Å². The number of benzene rings is 1. The van der Waals surface area contributed by atoms with Crippen LogP contribution in [0.15, 0.2) is 12.1 Å². The average Bonchev–Trinajstić information content (AvgIpc) is 2.58. The standard InChI is InChI=1S/C19H24F3NO5/c1-18(2,3)28-17(26)23-7-5-11(6-8-23)12-10-15(27-4)13(16(24)25)9-14(12)19(20,21)22/h9-11H,5-8H2,1-4H3,(H,24,25). The number of rotatable bonds is 3. The van der Waals surface area contributed by atoms with E-state index in [-0.39, 0.29) is 24.4 Å². The summed E-state index contributed by atoms with van der Waals surface area (Å²) in [5.74, 6) is -2.09. The molecular weight excluding hydrogens is 379 g/mol. The molecule has 0 aromatic heterocycles. The van der Waals surface area contributed by atoms with Crippen molar-refractivity contribution in [3.63, 3.8) is 0 Å². The molecule has 1 N–H and O–H groups in total. The Bertz CT molecular complexity index is 747. The number of alkyl halides is 3. The highest BCUT2D eigenvalue weighted by Crippen LogP contribution is 2.42. The van der Waals surface area contributed by atoms with Gasteiger partial charge in [0.25, 0.3) is 0 Å². The van der Waals surface area contributed by atoms with Gasteiger partial charge in [0.15, 0.2) is 0 Å². The van der Waals surface area contributed by atoms with Crippen LogP contribution in [0.25, 0.3) is 0 Å². The molecule has 2 rings (SSSR count). The van der Waals surface area contributed by atoms with Crippen LogP contribution in [0.1, 0.15) is 61.0 Å². The lowest BCUT2D eigenvalue weighted by molar-refractivity contribution is -0.138. The molecule has 156 valence electrons. The molecule has 1 heterocycles. The van der Waals surface area contributed by atoms with E-state index in [1.165, 1.54) is 12.0 Å². The molecule has 1 aromatic carbocycles. The molecule has 0 bridgehead atoms. The molecule has 0 aliphatic carbocycles. The zero-order valence-electron chi connectivity index (χ0n) is 16.2. The van der Waals surface area contributed by atoms with E-state index in [1.807, 2.05) is 0 Å². The third-order valence-corrected chi connectivity index (χ3v) is 4.49. The van der Waals surface area contributed by atoms with Crippen LogP contribution in [0, 0.1) is 0 Å². The van der Waals surface area contributed by atoms with Crippen molar-refractivity contribution in [2.75, 3.05) is 20.2 Å². The lowest BCUT2D eigenvalue weighted by atomic mass is 9.85. The number of likely N-dealkylation sites (tertiary alicyclic amines) is 1. The Hall–Kier alpha value is -2.45. The molecule has 0 unspecified atom stereocenters. The molecule has 1 fully saturated rings. The van der Waals surface area contributed by atoms with Gasteiger partial charge in [0.1, 0.15) is 16.9 Å². The first-order valence-corrected chi connectivity index (χ1v) is 8.84. The van der Waals surface area contributed by atoms with Crippen molar-refractivity contribution in [1.82, 2.24) is 4.90 Å². The van der Waals surface area contributed by atoms with Crippen molar-refractivity contribution < 1.29 is 37.3 Å². The highest BCUT2D eigenvalue weighted by atomic mass is 19.4. The van der Waals surface area contributed by atoms with Crippen molar-refractivity contribution in [2.45, 2.75) is 51.3 Å². The number of carbonyl (C=O) groups is 2. The van der Waals surface area contributed by atoms with E-state index in [2.05, 4.69) is 0 Å². The van der Waals surface area contributed by atoms with E-state index in [9.17, 15) is 27.9 Å². The lowest BCUT2D eigenvalue weighted by Crippen LogP contribution is -2.41. The summed E-state index contributed by atoms with van der Waals surface area (Å²) < 4.78 is 50.9. The molecule has 1 aliphatic rings. The fourth-order valence-electron chi connectivity index (χ4n) is 3.21. The maximum absolute atomic E-state index is 13.6. The van der Waals surface area contributed by atoms with Crippen LogP contribution in [0.3, 0.4) is 0 Å². The van der Waals surface area contributed by atoms with Crippen LogP contribution < -0.4 is 4.74 Å². The van der Waals surface area contributed by atoms with Crippen LogP contribution in [-0.2, 0) is 10.9 Å². The van der Waals surface area contributed by atoms with Gasteiger partial charge in [0.2, 0.25) is 0 Å². The van der Waals surface area contributed by atoms with Gasteiger partial charge in [-0.05, 0) is 57.2 Å². The number of ether oxygens (including phenoxy) is 2. The van der Waals surface area contributed by atoms with Gasteiger partial charge in [-0.15, -0.1) is 0 Å². The summed E-state index contributed by atoms with van der Waals surface area (Å²) in [5.41, 5.74) is -2.19. The molecule has 6 nitrogen and oxygen atoms in total. The normalized spacial score (nSPS) is 16.0. The molecule has 1 aliphatic heterocycles. The summed E-state index contributed by atoms with van der Waals surface area (Å²) in [7, 11) is 1.21. The Morgan fingerprint density at radius 2 is 1.71 bits per heavy atom. The highest BCUT2D eigenvalue weighted by molar-refractivity contribution is 5.91. The molecule has 0 radical (unpaired) electrons. The fourth-order valence-corrected chi connectivity index (χ4v) is 3.21. The number of amides is 1. The third-order valence-electron chi connectivity index (χ3n) is 4.49. The van der Waals surface area contributed by atoms with Gasteiger partial charge in [-0.1, -0.05) is 0 Å². The molecule has 9 heteroatoms. The highest BCUT2D eigenvalue weighted by Gasteiger charge is 2.38. The fraction of sp³-hybridized carbons (Fsp3) is 0.579. The Morgan fingerprint density at radius 1 is 1.14 bits per heavy atom. The van der Waals surface area contributed by atoms with Crippen LogP contribution in [-0.4, -0.2) is 47.9 Å². The van der Waals surface area contributed by atoms with Gasteiger partial charge in [0.05, 0.1) is 12.7 Å². The number of carboxylic acids is 1. The largest absolute Gasteiger partial charge is 0.496 e. The van der Waals surface area contributed by atoms with Crippen molar-refractivity contribution in [1.29, 1.82) is 0 Å². The summed E-state index contributed by atoms with van der Waals surface area (Å²) in [5, 5.41) is 9.17. The lowest BCUT2D eigenvalue weighted by Gasteiger charge is -2.34. The monoisotopic (exact) mass is 403 g/mol. The minimum absolute atomic E-state index is 0.0156. The topological polar surface area (TPSA) is 76.1 Å². The Balaban J connectivity index is 2.28. The molecule has 1 saturated heterocycles. The molecular formula is C19H24F3NO5. The number of carboxylic acid groups (broad SMARTS) is 1. The SMILES string of the molecule is COc1cc(C2CCN(C(=O)OC(C)(C)C)CC2)c(C(F)(F)F)cc1C(=O)O. The zero-order chi connectivity index (χ0) is 21.3.